The molecule has 0 aliphatic heterocycles. The highest BCUT2D eigenvalue weighted by atomic mass is 31.1. The van der Waals surface area contributed by atoms with Gasteiger partial charge in [-0.1, -0.05) is 219 Å². The van der Waals surface area contributed by atoms with Gasteiger partial charge in [0.2, 0.25) is 0 Å². The Morgan fingerprint density at radius 2 is 0.630 bits per heavy atom. The van der Waals surface area contributed by atoms with Crippen LogP contribution < -0.4 is 37.8 Å². The molecule has 0 N–H and O–H groups in total. The summed E-state index contributed by atoms with van der Waals surface area (Å²) in [4.78, 5) is 0. The smallest absolute Gasteiger partial charge is 0.108 e. The average Bonchev–Trinajstić information content (AvgIpc) is 3.15. The van der Waals surface area contributed by atoms with E-state index in [4.69, 9.17) is 0 Å². The minimum absolute atomic E-state index is 0.446. The fourth-order valence-electron chi connectivity index (χ4n) is 6.80. The molecule has 46 heavy (non-hydrogen) atoms. The Kier molecular flexibility index (Phi) is 10.4. The van der Waals surface area contributed by atoms with Crippen molar-refractivity contribution >= 4 is 51.8 Å². The van der Waals surface area contributed by atoms with Gasteiger partial charge in [-0.3, -0.25) is 0 Å². The topological polar surface area (TPSA) is 0 Å². The molecule has 0 amide bonds. The van der Waals surface area contributed by atoms with E-state index in [9.17, 15) is 0 Å². The maximum atomic E-state index is 2.33. The van der Waals surface area contributed by atoms with Crippen LogP contribution >= 0.6 is 7.92 Å². The second-order valence-electron chi connectivity index (χ2n) is 11.5. The molecular weight excluding hydrogens is 570 g/mol. The number of aryl methyl sites for hydroxylation is 1. The summed E-state index contributed by atoms with van der Waals surface area (Å²) in [7, 11) is -0.446. The molecular formula is C44H39BP-. The highest BCUT2D eigenvalue weighted by molar-refractivity contribution is 7.79. The summed E-state index contributed by atoms with van der Waals surface area (Å²) in [5, 5.41) is 4.19. The van der Waals surface area contributed by atoms with Crippen LogP contribution in [0.3, 0.4) is 0 Å². The van der Waals surface area contributed by atoms with Crippen LogP contribution in [0.4, 0.5) is 0 Å². The lowest BCUT2D eigenvalue weighted by Crippen LogP contribution is -2.75. The highest BCUT2D eigenvalue weighted by Gasteiger charge is 2.32. The molecule has 0 fully saturated rings. The minimum atomic E-state index is -1.25. The van der Waals surface area contributed by atoms with E-state index in [0.29, 0.717) is 0 Å². The van der Waals surface area contributed by atoms with Crippen molar-refractivity contribution < 1.29 is 0 Å². The summed E-state index contributed by atoms with van der Waals surface area (Å²) in [5.41, 5.74) is 6.90. The molecule has 7 aromatic carbocycles. The van der Waals surface area contributed by atoms with E-state index in [1.54, 1.807) is 0 Å². The van der Waals surface area contributed by atoms with Gasteiger partial charge in [-0.2, -0.15) is 21.9 Å². The van der Waals surface area contributed by atoms with Gasteiger partial charge in [0.1, 0.15) is 6.15 Å². The molecule has 0 heterocycles. The molecule has 224 valence electrons. The van der Waals surface area contributed by atoms with Gasteiger partial charge in [-0.05, 0) is 30.3 Å². The van der Waals surface area contributed by atoms with E-state index in [2.05, 4.69) is 213 Å². The maximum absolute atomic E-state index is 2.33. The Morgan fingerprint density at radius 3 is 0.957 bits per heavy atom. The van der Waals surface area contributed by atoms with Crippen LogP contribution in [-0.2, 0) is 6.42 Å². The predicted molar refractivity (Wildman–Crippen MR) is 205 cm³/mol. The minimum Gasteiger partial charge on any atom is -0.195 e. The normalized spacial score (nSPS) is 11.0. The molecule has 0 aliphatic carbocycles. The third kappa shape index (κ3) is 6.67. The Bertz CT molecular complexity index is 1700. The van der Waals surface area contributed by atoms with Crippen molar-refractivity contribution in [2.45, 2.75) is 13.3 Å². The second-order valence-corrected chi connectivity index (χ2v) is 13.7. The van der Waals surface area contributed by atoms with Crippen LogP contribution in [-0.4, -0.2) is 6.15 Å². The van der Waals surface area contributed by atoms with Crippen molar-refractivity contribution in [1.29, 1.82) is 0 Å². The molecule has 0 nitrogen and oxygen atoms in total. The summed E-state index contributed by atoms with van der Waals surface area (Å²) >= 11 is 0. The number of hydrogen-bond acceptors (Lipinski definition) is 0. The highest BCUT2D eigenvalue weighted by Crippen LogP contribution is 2.32. The Hall–Kier alpha value is -4.97. The Labute approximate surface area is 276 Å². The predicted octanol–water partition coefficient (Wildman–Crippen LogP) is 7.07. The molecule has 0 aliphatic rings. The van der Waals surface area contributed by atoms with Gasteiger partial charge in [0.25, 0.3) is 0 Å². The molecule has 7 aromatic rings. The maximum Gasteiger partial charge on any atom is 0.108 e. The van der Waals surface area contributed by atoms with E-state index in [1.807, 2.05) is 0 Å². The average molecular weight is 610 g/mol. The molecule has 0 spiro atoms. The molecule has 0 unspecified atom stereocenters. The molecule has 0 saturated heterocycles. The molecule has 0 radical (unpaired) electrons. The molecule has 0 saturated carbocycles. The van der Waals surface area contributed by atoms with Crippen LogP contribution in [0.2, 0.25) is 0 Å². The van der Waals surface area contributed by atoms with E-state index in [1.165, 1.54) is 43.3 Å². The van der Waals surface area contributed by atoms with Gasteiger partial charge in [0, 0.05) is 0 Å². The quantitative estimate of drug-likeness (QED) is 0.128. The van der Waals surface area contributed by atoms with Crippen molar-refractivity contribution in [2.75, 3.05) is 0 Å². The van der Waals surface area contributed by atoms with Crippen LogP contribution in [0.1, 0.15) is 12.5 Å². The molecule has 0 atom stereocenters. The Morgan fingerprint density at radius 1 is 0.348 bits per heavy atom. The first-order valence-electron chi connectivity index (χ1n) is 16.2. The molecule has 2 heteroatoms. The first-order chi connectivity index (χ1) is 22.8. The fraction of sp³-hybridized carbons (Fsp3) is 0.0455. The largest absolute Gasteiger partial charge is 0.195 e. The van der Waals surface area contributed by atoms with Gasteiger partial charge >= 0.3 is 0 Å². The zero-order valence-corrected chi connectivity index (χ0v) is 27.3. The van der Waals surface area contributed by atoms with E-state index < -0.39 is 14.1 Å². The molecule has 7 rings (SSSR count). The van der Waals surface area contributed by atoms with E-state index in [0.717, 1.165) is 6.42 Å². The van der Waals surface area contributed by atoms with Gasteiger partial charge < -0.3 is 0 Å². The van der Waals surface area contributed by atoms with Gasteiger partial charge in [0.05, 0.1) is 0 Å². The van der Waals surface area contributed by atoms with Crippen LogP contribution in [0.25, 0.3) is 0 Å². The second kappa shape index (κ2) is 15.4. The summed E-state index contributed by atoms with van der Waals surface area (Å²) in [6, 6.07) is 74.2. The summed E-state index contributed by atoms with van der Waals surface area (Å²) in [5.74, 6) is 0. The zero-order valence-electron chi connectivity index (χ0n) is 26.4. The molecule has 0 bridgehead atoms. The van der Waals surface area contributed by atoms with Crippen molar-refractivity contribution in [3.05, 3.63) is 212 Å². The lowest BCUT2D eigenvalue weighted by atomic mass is 9.12. The lowest BCUT2D eigenvalue weighted by molar-refractivity contribution is 1.15. The van der Waals surface area contributed by atoms with Crippen molar-refractivity contribution in [1.82, 2.24) is 0 Å². The Balaban J connectivity index is 0.000000172. The van der Waals surface area contributed by atoms with Crippen LogP contribution in [0.15, 0.2) is 206 Å². The zero-order chi connectivity index (χ0) is 31.4. The summed E-state index contributed by atoms with van der Waals surface area (Å²) in [6.07, 6.45) is -0.230. The third-order valence-corrected chi connectivity index (χ3v) is 11.3. The monoisotopic (exact) mass is 609 g/mol. The van der Waals surface area contributed by atoms with Crippen molar-refractivity contribution in [2.24, 2.45) is 0 Å². The van der Waals surface area contributed by atoms with E-state index >= 15 is 0 Å². The van der Waals surface area contributed by atoms with Crippen molar-refractivity contribution in [3.8, 4) is 0 Å². The summed E-state index contributed by atoms with van der Waals surface area (Å²) in [6.45, 7) is 2.25. The van der Waals surface area contributed by atoms with Crippen LogP contribution in [0, 0.1) is 0 Å². The van der Waals surface area contributed by atoms with Crippen molar-refractivity contribution in [3.63, 3.8) is 0 Å². The molecule has 0 aromatic heterocycles. The first kappa shape index (κ1) is 31.0. The third-order valence-electron chi connectivity index (χ3n) is 8.84. The first-order valence-corrected chi connectivity index (χ1v) is 17.5. The number of hydrogen-bond donors (Lipinski definition) is 0. The van der Waals surface area contributed by atoms with Gasteiger partial charge in [-0.15, -0.1) is 0 Å². The lowest BCUT2D eigenvalue weighted by Gasteiger charge is -2.45. The van der Waals surface area contributed by atoms with E-state index in [-0.39, 0.29) is 0 Å². The van der Waals surface area contributed by atoms with Crippen LogP contribution in [0.5, 0.6) is 0 Å². The van der Waals surface area contributed by atoms with Gasteiger partial charge in [0.15, 0.2) is 0 Å². The number of rotatable bonds is 8. The fourth-order valence-corrected chi connectivity index (χ4v) is 9.10. The SMILES string of the molecule is CCc1ccccc1[B-](c1ccccc1)(c1ccccc1)c1ccccc1.c1ccc(P(c2ccccc2)c2ccccc2)cc1. The standard InChI is InChI=1S/C26H24B.C18H15P/c1-2-22-14-12-13-21-26(22)27(23-15-6-3-7-16-23,24-17-8-4-9-18-24)25-19-10-5-11-20-25;1-4-10-16(11-5-1)19(17-12-6-2-7-13-17)18-14-8-3-9-15-18/h3-21H,2H2,1H3;1-15H/q-1;. The summed E-state index contributed by atoms with van der Waals surface area (Å²) < 4.78 is 0. The van der Waals surface area contributed by atoms with Gasteiger partial charge in [-0.25, -0.2) is 0 Å². The number of benzene rings is 7.